The van der Waals surface area contributed by atoms with Crippen LogP contribution in [-0.2, 0) is 9.47 Å². The summed E-state index contributed by atoms with van der Waals surface area (Å²) < 4.78 is 9.51. The lowest BCUT2D eigenvalue weighted by atomic mass is 10.1. The van der Waals surface area contributed by atoms with Gasteiger partial charge in [-0.15, -0.1) is 0 Å². The molecule has 0 heterocycles. The van der Waals surface area contributed by atoms with E-state index in [1.807, 2.05) is 0 Å². The van der Waals surface area contributed by atoms with E-state index in [0.29, 0.717) is 12.4 Å². The molecule has 0 radical (unpaired) electrons. The van der Waals surface area contributed by atoms with Crippen molar-refractivity contribution >= 4 is 6.16 Å². The number of ether oxygens (including phenoxy) is 2. The van der Waals surface area contributed by atoms with Gasteiger partial charge in [0.25, 0.3) is 0 Å². The molecule has 0 aromatic carbocycles. The smallest absolute Gasteiger partial charge is 0.434 e. The predicted octanol–water partition coefficient (Wildman–Crippen LogP) is 4.42. The summed E-state index contributed by atoms with van der Waals surface area (Å²) in [6, 6.07) is 0. The zero-order valence-corrected chi connectivity index (χ0v) is 10.6. The third-order valence-corrected chi connectivity index (χ3v) is 2.23. The van der Waals surface area contributed by atoms with Crippen molar-refractivity contribution < 1.29 is 14.3 Å². The first-order valence-corrected chi connectivity index (χ1v) is 6.17. The number of rotatable bonds is 9. The molecule has 0 spiro atoms. The molecular weight excluding hydrogens is 204 g/mol. The molecule has 0 N–H and O–H groups in total. The molecule has 0 fully saturated rings. The average molecular weight is 228 g/mol. The summed E-state index contributed by atoms with van der Waals surface area (Å²) in [6.07, 6.45) is 7.80. The second kappa shape index (κ2) is 10.5. The van der Waals surface area contributed by atoms with Gasteiger partial charge in [0.1, 0.15) is 5.76 Å². The summed E-state index contributed by atoms with van der Waals surface area (Å²) in [4.78, 5) is 10.9. The molecule has 0 amide bonds. The first-order chi connectivity index (χ1) is 7.66. The van der Waals surface area contributed by atoms with Gasteiger partial charge >= 0.3 is 6.16 Å². The first-order valence-electron chi connectivity index (χ1n) is 6.17. The second-order valence-corrected chi connectivity index (χ2v) is 4.02. The summed E-state index contributed by atoms with van der Waals surface area (Å²) in [7, 11) is 0. The van der Waals surface area contributed by atoms with Crippen LogP contribution in [0.1, 0.15) is 58.8 Å². The van der Waals surface area contributed by atoms with E-state index in [9.17, 15) is 4.79 Å². The first kappa shape index (κ1) is 15.0. The molecule has 0 aromatic rings. The van der Waals surface area contributed by atoms with Crippen molar-refractivity contribution in [1.82, 2.24) is 0 Å². The molecule has 0 aliphatic rings. The van der Waals surface area contributed by atoms with Crippen LogP contribution in [0.25, 0.3) is 0 Å². The van der Waals surface area contributed by atoms with Crippen molar-refractivity contribution in [3.05, 3.63) is 12.3 Å². The third kappa shape index (κ3) is 11.1. The highest BCUT2D eigenvalue weighted by atomic mass is 16.7. The Bertz CT molecular complexity index is 199. The lowest BCUT2D eigenvalue weighted by molar-refractivity contribution is 0.0763. The van der Waals surface area contributed by atoms with E-state index in [1.54, 1.807) is 6.92 Å². The molecule has 0 bridgehead atoms. The third-order valence-electron chi connectivity index (χ3n) is 2.23. The van der Waals surface area contributed by atoms with Crippen molar-refractivity contribution in [2.45, 2.75) is 58.8 Å². The molecule has 3 heteroatoms. The highest BCUT2D eigenvalue weighted by Crippen LogP contribution is 2.07. The van der Waals surface area contributed by atoms with E-state index in [-0.39, 0.29) is 0 Å². The molecule has 16 heavy (non-hydrogen) atoms. The molecule has 3 nitrogen and oxygen atoms in total. The SMILES string of the molecule is C=C(C)OC(=O)OCCCCCCCCC. The zero-order valence-electron chi connectivity index (χ0n) is 10.6. The van der Waals surface area contributed by atoms with E-state index in [2.05, 4.69) is 18.2 Å². The minimum atomic E-state index is -0.640. The van der Waals surface area contributed by atoms with E-state index in [0.717, 1.165) is 12.8 Å². The topological polar surface area (TPSA) is 35.5 Å². The summed E-state index contributed by atoms with van der Waals surface area (Å²) >= 11 is 0. The number of hydrogen-bond donors (Lipinski definition) is 0. The quantitative estimate of drug-likeness (QED) is 0.333. The van der Waals surface area contributed by atoms with Gasteiger partial charge in [-0.25, -0.2) is 4.79 Å². The molecule has 0 aliphatic carbocycles. The number of allylic oxidation sites excluding steroid dienone is 1. The lowest BCUT2D eigenvalue weighted by Crippen LogP contribution is -2.06. The Hall–Kier alpha value is -0.990. The summed E-state index contributed by atoms with van der Waals surface area (Å²) in [5.74, 6) is 0.365. The Kier molecular flexibility index (Phi) is 9.87. The van der Waals surface area contributed by atoms with Gasteiger partial charge in [-0.2, -0.15) is 0 Å². The Morgan fingerprint density at radius 3 is 2.19 bits per heavy atom. The standard InChI is InChI=1S/C13H24O3/c1-4-5-6-7-8-9-10-11-15-13(14)16-12(2)3/h2,4-11H2,1,3H3. The van der Waals surface area contributed by atoms with E-state index >= 15 is 0 Å². The largest absolute Gasteiger partial charge is 0.513 e. The second-order valence-electron chi connectivity index (χ2n) is 4.02. The maximum absolute atomic E-state index is 10.9. The minimum Gasteiger partial charge on any atom is -0.434 e. The van der Waals surface area contributed by atoms with Crippen molar-refractivity contribution in [3.8, 4) is 0 Å². The van der Waals surface area contributed by atoms with Crippen molar-refractivity contribution in [2.75, 3.05) is 6.61 Å². The number of unbranched alkanes of at least 4 members (excludes halogenated alkanes) is 6. The van der Waals surface area contributed by atoms with Crippen LogP contribution in [0.4, 0.5) is 4.79 Å². The average Bonchev–Trinajstić information content (AvgIpc) is 2.21. The van der Waals surface area contributed by atoms with Crippen LogP contribution in [0.3, 0.4) is 0 Å². The molecule has 0 rings (SSSR count). The molecular formula is C13H24O3. The van der Waals surface area contributed by atoms with E-state index in [1.165, 1.54) is 32.1 Å². The number of carbonyl (C=O) groups excluding carboxylic acids is 1. The molecule has 0 unspecified atom stereocenters. The summed E-state index contributed by atoms with van der Waals surface area (Å²) in [5, 5.41) is 0. The predicted molar refractivity (Wildman–Crippen MR) is 65.2 cm³/mol. The number of hydrogen-bond acceptors (Lipinski definition) is 3. The molecule has 0 atom stereocenters. The van der Waals surface area contributed by atoms with Crippen LogP contribution >= 0.6 is 0 Å². The monoisotopic (exact) mass is 228 g/mol. The van der Waals surface area contributed by atoms with Gasteiger partial charge in [0.2, 0.25) is 0 Å². The molecule has 0 saturated heterocycles. The summed E-state index contributed by atoms with van der Waals surface area (Å²) in [5.41, 5.74) is 0. The molecule has 94 valence electrons. The lowest BCUT2D eigenvalue weighted by Gasteiger charge is -2.05. The van der Waals surface area contributed by atoms with Gasteiger partial charge in [-0.1, -0.05) is 52.0 Å². The Morgan fingerprint density at radius 2 is 1.62 bits per heavy atom. The minimum absolute atomic E-state index is 0.365. The van der Waals surface area contributed by atoms with Gasteiger partial charge < -0.3 is 9.47 Å². The molecule has 0 saturated carbocycles. The van der Waals surface area contributed by atoms with Gasteiger partial charge in [-0.05, 0) is 13.3 Å². The number of carbonyl (C=O) groups is 1. The zero-order chi connectivity index (χ0) is 12.2. The van der Waals surface area contributed by atoms with Gasteiger partial charge in [0.15, 0.2) is 0 Å². The maximum Gasteiger partial charge on any atom is 0.513 e. The Balaban J connectivity index is 3.14. The highest BCUT2D eigenvalue weighted by Gasteiger charge is 2.02. The van der Waals surface area contributed by atoms with Crippen LogP contribution in [0.5, 0.6) is 0 Å². The maximum atomic E-state index is 10.9. The van der Waals surface area contributed by atoms with Crippen LogP contribution in [-0.4, -0.2) is 12.8 Å². The highest BCUT2D eigenvalue weighted by molar-refractivity contribution is 5.61. The fourth-order valence-corrected chi connectivity index (χ4v) is 1.39. The Labute approximate surface area is 98.8 Å². The fraction of sp³-hybridized carbons (Fsp3) is 0.769. The Morgan fingerprint density at radius 1 is 1.06 bits per heavy atom. The van der Waals surface area contributed by atoms with Crippen LogP contribution in [0.2, 0.25) is 0 Å². The van der Waals surface area contributed by atoms with Gasteiger partial charge in [-0.3, -0.25) is 0 Å². The normalized spacial score (nSPS) is 9.88. The fourth-order valence-electron chi connectivity index (χ4n) is 1.39. The van der Waals surface area contributed by atoms with E-state index in [4.69, 9.17) is 4.74 Å². The van der Waals surface area contributed by atoms with Crippen molar-refractivity contribution in [3.63, 3.8) is 0 Å². The van der Waals surface area contributed by atoms with Crippen LogP contribution in [0, 0.1) is 0 Å². The van der Waals surface area contributed by atoms with Crippen molar-refractivity contribution in [2.24, 2.45) is 0 Å². The molecule has 0 aliphatic heterocycles. The van der Waals surface area contributed by atoms with Crippen LogP contribution in [0.15, 0.2) is 12.3 Å². The molecule has 0 aromatic heterocycles. The summed E-state index contributed by atoms with van der Waals surface area (Å²) in [6.45, 7) is 7.73. The van der Waals surface area contributed by atoms with Gasteiger partial charge in [0.05, 0.1) is 6.61 Å². The van der Waals surface area contributed by atoms with E-state index < -0.39 is 6.16 Å². The van der Waals surface area contributed by atoms with Gasteiger partial charge in [0, 0.05) is 0 Å². The van der Waals surface area contributed by atoms with Crippen LogP contribution < -0.4 is 0 Å². The van der Waals surface area contributed by atoms with Crippen molar-refractivity contribution in [1.29, 1.82) is 0 Å².